The number of nitrogens with zero attached hydrogens (tertiary/aromatic N) is 1. The number of phenolic OH excluding ortho intramolecular Hbond substituents is 1. The van der Waals surface area contributed by atoms with Crippen LogP contribution in [0.3, 0.4) is 0 Å². The smallest absolute Gasteiger partial charge is 0.307 e. The molecule has 1 aromatic heterocycles. The van der Waals surface area contributed by atoms with Gasteiger partial charge >= 0.3 is 5.97 Å². The predicted octanol–water partition coefficient (Wildman–Crippen LogP) is 5.02. The highest BCUT2D eigenvalue weighted by Gasteiger charge is 2.38. The van der Waals surface area contributed by atoms with E-state index in [1.807, 2.05) is 40.0 Å². The topological polar surface area (TPSA) is 107 Å². The first-order chi connectivity index (χ1) is 18.7. The lowest BCUT2D eigenvalue weighted by molar-refractivity contribution is -0.154. The number of phenols is 1. The van der Waals surface area contributed by atoms with Crippen LogP contribution >= 0.6 is 0 Å². The van der Waals surface area contributed by atoms with Crippen LogP contribution in [-0.2, 0) is 16.1 Å². The van der Waals surface area contributed by atoms with Crippen molar-refractivity contribution >= 4 is 22.8 Å². The van der Waals surface area contributed by atoms with Crippen molar-refractivity contribution in [2.45, 2.75) is 71.1 Å². The molecule has 0 spiro atoms. The summed E-state index contributed by atoms with van der Waals surface area (Å²) in [6, 6.07) is 12.9. The lowest BCUT2D eigenvalue weighted by Gasteiger charge is -2.22. The first-order valence-corrected chi connectivity index (χ1v) is 14.0. The number of hydrogen-bond donors (Lipinski definition) is 4. The van der Waals surface area contributed by atoms with Crippen LogP contribution in [-0.4, -0.2) is 59.1 Å². The van der Waals surface area contributed by atoms with Gasteiger partial charge in [0.1, 0.15) is 11.4 Å². The van der Waals surface area contributed by atoms with E-state index in [2.05, 4.69) is 27.8 Å². The number of rotatable bonds is 13. The van der Waals surface area contributed by atoms with Crippen molar-refractivity contribution in [3.63, 3.8) is 0 Å². The Bertz CT molecular complexity index is 1290. The number of amides is 1. The zero-order valence-electron chi connectivity index (χ0n) is 23.6. The lowest BCUT2D eigenvalue weighted by atomic mass is 9.95. The Morgan fingerprint density at radius 1 is 1.03 bits per heavy atom. The Hall–Kier alpha value is -3.36. The monoisotopic (exact) mass is 534 g/mol. The van der Waals surface area contributed by atoms with Crippen LogP contribution in [0.1, 0.15) is 86.1 Å². The van der Waals surface area contributed by atoms with Crippen LogP contribution in [0.15, 0.2) is 42.5 Å². The summed E-state index contributed by atoms with van der Waals surface area (Å²) < 4.78 is 5.32. The zero-order chi connectivity index (χ0) is 28.0. The van der Waals surface area contributed by atoms with Gasteiger partial charge in [0, 0.05) is 47.9 Å². The summed E-state index contributed by atoms with van der Waals surface area (Å²) in [6.07, 6.45) is 4.82. The molecule has 39 heavy (non-hydrogen) atoms. The van der Waals surface area contributed by atoms with Crippen molar-refractivity contribution in [2.75, 3.05) is 26.7 Å². The number of fused-ring (bicyclic) bond motifs is 2. The molecule has 1 aliphatic rings. The number of ether oxygens (including phenoxy) is 1. The molecule has 0 saturated heterocycles. The van der Waals surface area contributed by atoms with E-state index in [1.54, 1.807) is 23.1 Å². The van der Waals surface area contributed by atoms with Gasteiger partial charge < -0.3 is 30.4 Å². The summed E-state index contributed by atoms with van der Waals surface area (Å²) >= 11 is 0. The fraction of sp³-hybridized carbons (Fsp3) is 0.484. The highest BCUT2D eigenvalue weighted by Crippen LogP contribution is 2.43. The number of carbonyl (C=O) groups is 2. The Morgan fingerprint density at radius 3 is 2.49 bits per heavy atom. The van der Waals surface area contributed by atoms with E-state index in [0.717, 1.165) is 66.5 Å². The number of carbonyl (C=O) groups excluding carboxylic acids is 2. The Kier molecular flexibility index (Phi) is 9.30. The minimum Gasteiger partial charge on any atom is -0.508 e. The van der Waals surface area contributed by atoms with E-state index in [4.69, 9.17) is 4.74 Å². The van der Waals surface area contributed by atoms with E-state index in [0.29, 0.717) is 25.1 Å². The number of para-hydroxylation sites is 1. The van der Waals surface area contributed by atoms with Crippen molar-refractivity contribution < 1.29 is 19.4 Å². The first-order valence-electron chi connectivity index (χ1n) is 14.0. The Balaban J connectivity index is 1.25. The Morgan fingerprint density at radius 2 is 1.74 bits per heavy atom. The van der Waals surface area contributed by atoms with E-state index >= 15 is 0 Å². The lowest BCUT2D eigenvalue weighted by Crippen LogP contribution is -2.27. The Labute approximate surface area is 231 Å². The highest BCUT2D eigenvalue weighted by molar-refractivity contribution is 6.01. The number of hydrogen-bond acceptors (Lipinski definition) is 6. The van der Waals surface area contributed by atoms with Gasteiger partial charge in [-0.15, -0.1) is 0 Å². The van der Waals surface area contributed by atoms with Gasteiger partial charge in [0.25, 0.3) is 5.91 Å². The molecule has 4 N–H and O–H groups in total. The molecule has 1 amide bonds. The average molecular weight is 535 g/mol. The molecule has 4 rings (SSSR count). The van der Waals surface area contributed by atoms with Gasteiger partial charge in [0.15, 0.2) is 0 Å². The summed E-state index contributed by atoms with van der Waals surface area (Å²) in [5.41, 5.74) is 4.24. The van der Waals surface area contributed by atoms with Crippen molar-refractivity contribution in [3.05, 3.63) is 64.8 Å². The molecule has 2 heterocycles. The third kappa shape index (κ3) is 7.19. The fourth-order valence-corrected chi connectivity index (χ4v) is 5.28. The predicted molar refractivity (Wildman–Crippen MR) is 154 cm³/mol. The van der Waals surface area contributed by atoms with Crippen LogP contribution in [0.2, 0.25) is 0 Å². The molecular weight excluding hydrogens is 492 g/mol. The molecule has 210 valence electrons. The molecule has 0 fully saturated rings. The number of unbranched alkanes of at least 4 members (excludes halogenated alkanes) is 3. The van der Waals surface area contributed by atoms with Gasteiger partial charge in [-0.1, -0.05) is 31.0 Å². The van der Waals surface area contributed by atoms with Crippen LogP contribution in [0.5, 0.6) is 5.75 Å². The van der Waals surface area contributed by atoms with Crippen LogP contribution < -0.4 is 10.6 Å². The normalized spacial score (nSPS) is 15.2. The third-order valence-electron chi connectivity index (χ3n) is 7.05. The van der Waals surface area contributed by atoms with E-state index < -0.39 is 5.60 Å². The summed E-state index contributed by atoms with van der Waals surface area (Å²) in [6.45, 7) is 8.77. The first kappa shape index (κ1) is 28.6. The molecular formula is C31H42N4O4. The van der Waals surface area contributed by atoms with Gasteiger partial charge in [-0.2, -0.15) is 0 Å². The number of H-pyrrole nitrogens is 1. The second-order valence-corrected chi connectivity index (χ2v) is 11.3. The second-order valence-electron chi connectivity index (χ2n) is 11.3. The maximum absolute atomic E-state index is 13.0. The maximum atomic E-state index is 13.0. The zero-order valence-corrected chi connectivity index (χ0v) is 23.6. The molecule has 0 radical (unpaired) electrons. The van der Waals surface area contributed by atoms with E-state index in [-0.39, 0.29) is 23.7 Å². The highest BCUT2D eigenvalue weighted by atomic mass is 16.6. The van der Waals surface area contributed by atoms with Gasteiger partial charge in [-0.05, 0) is 76.5 Å². The number of benzene rings is 2. The maximum Gasteiger partial charge on any atom is 0.307 e. The standard InChI is InChI=1S/C31H42N4O4/c1-31(2,3)39-27(37)15-18-32-16-9-5-6-10-17-33-20-26-28(23-11-7-8-12-25(23)34-26)29-24-19-21(36)13-14-22(24)30(38)35(29)4/h7-8,11-14,19,29,32-34,36H,5-6,9-10,15-18,20H2,1-4H3. The van der Waals surface area contributed by atoms with Crippen molar-refractivity contribution in [1.82, 2.24) is 20.5 Å². The molecule has 8 heteroatoms. The quantitative estimate of drug-likeness (QED) is 0.181. The summed E-state index contributed by atoms with van der Waals surface area (Å²) in [7, 11) is 1.83. The largest absolute Gasteiger partial charge is 0.508 e. The minimum absolute atomic E-state index is 0.0291. The summed E-state index contributed by atoms with van der Waals surface area (Å²) in [5.74, 6) is -0.0224. The summed E-state index contributed by atoms with van der Waals surface area (Å²) in [5, 5.41) is 18.2. The molecule has 3 aromatic rings. The summed E-state index contributed by atoms with van der Waals surface area (Å²) in [4.78, 5) is 30.1. The second kappa shape index (κ2) is 12.7. The third-order valence-corrected chi connectivity index (χ3v) is 7.05. The van der Waals surface area contributed by atoms with Crippen LogP contribution in [0, 0.1) is 0 Å². The number of aromatic nitrogens is 1. The average Bonchev–Trinajstić information content (AvgIpc) is 3.35. The number of nitrogens with one attached hydrogen (secondary N) is 3. The van der Waals surface area contributed by atoms with Crippen molar-refractivity contribution in [1.29, 1.82) is 0 Å². The van der Waals surface area contributed by atoms with Gasteiger partial charge in [0.2, 0.25) is 0 Å². The number of aromatic hydroxyl groups is 1. The molecule has 1 atom stereocenters. The van der Waals surface area contributed by atoms with E-state index in [9.17, 15) is 14.7 Å². The minimum atomic E-state index is -0.428. The molecule has 2 aromatic carbocycles. The van der Waals surface area contributed by atoms with Gasteiger partial charge in [-0.3, -0.25) is 9.59 Å². The molecule has 1 unspecified atom stereocenters. The van der Waals surface area contributed by atoms with Crippen LogP contribution in [0.25, 0.3) is 10.9 Å². The molecule has 0 saturated carbocycles. The number of aromatic amines is 1. The van der Waals surface area contributed by atoms with Crippen molar-refractivity contribution in [2.24, 2.45) is 0 Å². The van der Waals surface area contributed by atoms with E-state index in [1.165, 1.54) is 0 Å². The SMILES string of the molecule is CN1C(=O)c2ccc(O)cc2C1c1c(CNCCCCCCNCCC(=O)OC(C)(C)C)[nH]c2ccccc12. The number of esters is 1. The molecule has 1 aliphatic heterocycles. The van der Waals surface area contributed by atoms with Gasteiger partial charge in [-0.25, -0.2) is 0 Å². The van der Waals surface area contributed by atoms with Crippen LogP contribution in [0.4, 0.5) is 0 Å². The molecule has 0 aliphatic carbocycles. The molecule has 0 bridgehead atoms. The van der Waals surface area contributed by atoms with Crippen molar-refractivity contribution in [3.8, 4) is 5.75 Å². The molecule has 8 nitrogen and oxygen atoms in total. The van der Waals surface area contributed by atoms with Gasteiger partial charge in [0.05, 0.1) is 12.5 Å². The fourth-order valence-electron chi connectivity index (χ4n) is 5.28.